The number of oxime groups is 1. The summed E-state index contributed by atoms with van der Waals surface area (Å²) in [4.78, 5) is 23.3. The van der Waals surface area contributed by atoms with E-state index in [1.165, 1.54) is 44.1 Å². The maximum atomic E-state index is 14.9. The first-order chi connectivity index (χ1) is 31.8. The lowest BCUT2D eigenvalue weighted by atomic mass is 9.55. The number of rotatable bonds is 28. The first-order valence-corrected chi connectivity index (χ1v) is 25.7. The van der Waals surface area contributed by atoms with Crippen LogP contribution in [0, 0.1) is 31.6 Å². The van der Waals surface area contributed by atoms with E-state index in [1.54, 1.807) is 6.08 Å². The Morgan fingerprint density at radius 1 is 0.877 bits per heavy atom. The molecule has 65 heavy (non-hydrogen) atoms. The van der Waals surface area contributed by atoms with Crippen molar-refractivity contribution >= 4 is 11.6 Å². The molecule has 2 N–H and O–H groups in total. The van der Waals surface area contributed by atoms with E-state index in [0.29, 0.717) is 32.4 Å². The first kappa shape index (κ1) is 50.7. The normalized spacial score (nSPS) is 25.3. The largest absolute Gasteiger partial charge is 0.459 e. The molecule has 0 radical (unpaired) electrons. The number of amides is 1. The van der Waals surface area contributed by atoms with Crippen LogP contribution < -0.4 is 9.47 Å². The molecule has 1 saturated heterocycles. The molecule has 2 aromatic rings. The summed E-state index contributed by atoms with van der Waals surface area (Å²) in [6.07, 6.45) is 23.7. The van der Waals surface area contributed by atoms with Gasteiger partial charge in [0.1, 0.15) is 23.3 Å². The van der Waals surface area contributed by atoms with Crippen molar-refractivity contribution in [3.63, 3.8) is 0 Å². The second kappa shape index (κ2) is 26.0. The van der Waals surface area contributed by atoms with E-state index >= 15 is 0 Å². The molecule has 360 valence electrons. The highest BCUT2D eigenvalue weighted by Gasteiger charge is 2.65. The molecule has 2 fully saturated rings. The summed E-state index contributed by atoms with van der Waals surface area (Å²) in [7, 11) is 0. The van der Waals surface area contributed by atoms with Gasteiger partial charge in [-0.3, -0.25) is 4.79 Å². The summed E-state index contributed by atoms with van der Waals surface area (Å²) in [5.41, 5.74) is 5.26. The van der Waals surface area contributed by atoms with Gasteiger partial charge in [-0.25, -0.2) is 0 Å². The number of hydrogen-bond donors (Lipinski definition) is 2. The van der Waals surface area contributed by atoms with Gasteiger partial charge in [-0.15, -0.1) is 6.58 Å². The Labute approximate surface area is 391 Å². The number of carbonyl (C=O) groups excluding carboxylic acids is 1. The number of aryl methyl sites for hydroxylation is 2. The van der Waals surface area contributed by atoms with Crippen molar-refractivity contribution in [1.82, 2.24) is 4.90 Å². The number of ether oxygens (including phenoxy) is 4. The minimum atomic E-state index is -1.27. The zero-order chi connectivity index (χ0) is 46.0. The van der Waals surface area contributed by atoms with Crippen LogP contribution in [0.3, 0.4) is 0 Å². The van der Waals surface area contributed by atoms with Crippen molar-refractivity contribution in [3.05, 3.63) is 77.4 Å². The zero-order valence-electron chi connectivity index (χ0n) is 40.4. The number of nitrogens with zero attached hydrogens (tertiary/aromatic N) is 2. The van der Waals surface area contributed by atoms with Crippen LogP contribution in [0.4, 0.5) is 0 Å². The van der Waals surface area contributed by atoms with E-state index in [9.17, 15) is 15.0 Å². The third-order valence-electron chi connectivity index (χ3n) is 14.4. The molecular weight excluding hydrogens is 817 g/mol. The lowest BCUT2D eigenvalue weighted by Gasteiger charge is -2.60. The fourth-order valence-electron chi connectivity index (χ4n) is 11.0. The number of fused-ring (bicyclic) bond motifs is 2. The molecule has 10 heteroatoms. The topological polar surface area (TPSA) is 119 Å². The Morgan fingerprint density at radius 2 is 1.60 bits per heavy atom. The van der Waals surface area contributed by atoms with E-state index < -0.39 is 18.1 Å². The molecule has 7 atom stereocenters. The van der Waals surface area contributed by atoms with Crippen molar-refractivity contribution in [3.8, 4) is 17.2 Å². The number of aliphatic hydroxyl groups is 2. The van der Waals surface area contributed by atoms with Gasteiger partial charge in [0.25, 0.3) is 0 Å². The van der Waals surface area contributed by atoms with Crippen molar-refractivity contribution in [2.45, 2.75) is 187 Å². The van der Waals surface area contributed by atoms with E-state index in [4.69, 9.17) is 28.9 Å². The van der Waals surface area contributed by atoms with Gasteiger partial charge in [0, 0.05) is 50.5 Å². The molecule has 0 aromatic heterocycles. The number of allylic oxidation sites excluding steroid dienone is 1. The highest BCUT2D eigenvalue weighted by atomic mass is 16.8. The predicted molar refractivity (Wildman–Crippen MR) is 259 cm³/mol. The minimum absolute atomic E-state index is 0.116. The maximum Gasteiger partial charge on any atom is 0.239 e. The lowest BCUT2D eigenvalue weighted by Crippen LogP contribution is -2.70. The zero-order valence-corrected chi connectivity index (χ0v) is 40.4. The fourth-order valence-corrected chi connectivity index (χ4v) is 11.0. The van der Waals surface area contributed by atoms with Crippen LogP contribution in [0.2, 0.25) is 0 Å². The van der Waals surface area contributed by atoms with Crippen LogP contribution in [0.15, 0.2) is 65.9 Å². The summed E-state index contributed by atoms with van der Waals surface area (Å²) in [5.74, 6) is 0.831. The second-order valence-electron chi connectivity index (χ2n) is 19.2. The molecular formula is C55H82N2O8. The molecule has 2 aliphatic heterocycles. The summed E-state index contributed by atoms with van der Waals surface area (Å²) >= 11 is 0. The number of benzene rings is 2. The Kier molecular flexibility index (Phi) is 20.3. The van der Waals surface area contributed by atoms with E-state index in [2.05, 4.69) is 63.4 Å². The molecule has 0 bridgehead atoms. The molecule has 1 amide bonds. The highest BCUT2D eigenvalue weighted by molar-refractivity contribution is 6.03. The molecule has 4 aliphatic rings. The Hall–Kier alpha value is -3.70. The molecule has 1 saturated carbocycles. The molecule has 2 aromatic carbocycles. The van der Waals surface area contributed by atoms with Gasteiger partial charge >= 0.3 is 0 Å². The van der Waals surface area contributed by atoms with Crippen molar-refractivity contribution in [1.29, 1.82) is 0 Å². The van der Waals surface area contributed by atoms with Gasteiger partial charge < -0.3 is 38.9 Å². The number of carbonyl (C=O) groups is 1. The third-order valence-corrected chi connectivity index (χ3v) is 14.4. The van der Waals surface area contributed by atoms with Crippen molar-refractivity contribution in [2.24, 2.45) is 22.9 Å². The van der Waals surface area contributed by atoms with Gasteiger partial charge in [0.2, 0.25) is 18.0 Å². The van der Waals surface area contributed by atoms with Crippen molar-refractivity contribution in [2.75, 3.05) is 33.0 Å². The van der Waals surface area contributed by atoms with Gasteiger partial charge in [-0.1, -0.05) is 101 Å². The number of unbranched alkanes of at least 4 members (excludes halogenated alkanes) is 10. The maximum absolute atomic E-state index is 14.9. The summed E-state index contributed by atoms with van der Waals surface area (Å²) in [6, 6.07) is 11.8. The lowest BCUT2D eigenvalue weighted by molar-refractivity contribution is -0.257. The van der Waals surface area contributed by atoms with Crippen LogP contribution in [-0.4, -0.2) is 77.8 Å². The molecule has 2 heterocycles. The number of hydrogen-bond acceptors (Lipinski definition) is 9. The van der Waals surface area contributed by atoms with Crippen molar-refractivity contribution < 1.29 is 38.8 Å². The first-order valence-electron chi connectivity index (χ1n) is 25.7. The Balaban J connectivity index is 1.47. The fraction of sp³-hybridized carbons (Fsp3) is 0.673. The summed E-state index contributed by atoms with van der Waals surface area (Å²) in [5, 5.41) is 25.1. The molecule has 2 aliphatic carbocycles. The van der Waals surface area contributed by atoms with Crippen LogP contribution >= 0.6 is 0 Å². The minimum Gasteiger partial charge on any atom is -0.459 e. The SMILES string of the molecule is C=CCOC12Oc3ccc(Oc4ccc(C)c(C)c4)cc3C3C(CCCCO)C(CCCCO)C=C(C(=NOC4CCCCO4)CC1N(CCC)C(=O)CCCCCCCCCCC)C32. The standard InChI is InChI=1S/C55H82N2O8/c1-6-9-10-11-12-13-14-15-16-25-51(60)57(31-7-2)50-39-48(56-65-52-26-19-22-35-61-52)46-37-42(23-17-20-32-58)45(24-18-21-33-59)53-47-38-44(63-43-28-27-40(4)41(5)36-43)29-30-49(47)64-55(50,54(46)53)62-34-8-3/h8,27-30,36-38,42,45,50,52-54,58-59H,3,6-7,9-26,31-35,39H2,1-2,4-5H3. The van der Waals surface area contributed by atoms with Crippen LogP contribution in [0.5, 0.6) is 17.2 Å². The van der Waals surface area contributed by atoms with Crippen LogP contribution in [0.1, 0.15) is 171 Å². The van der Waals surface area contributed by atoms with Gasteiger partial charge in [0.15, 0.2) is 0 Å². The molecule has 10 nitrogen and oxygen atoms in total. The molecule has 0 spiro atoms. The van der Waals surface area contributed by atoms with Gasteiger partial charge in [0.05, 0.1) is 24.8 Å². The van der Waals surface area contributed by atoms with E-state index in [1.807, 2.05) is 18.2 Å². The van der Waals surface area contributed by atoms with E-state index in [0.717, 1.165) is 117 Å². The average Bonchev–Trinajstić information content (AvgIpc) is 3.31. The Bertz CT molecular complexity index is 1860. The second-order valence-corrected chi connectivity index (χ2v) is 19.2. The Morgan fingerprint density at radius 3 is 2.29 bits per heavy atom. The van der Waals surface area contributed by atoms with Gasteiger partial charge in [-0.2, -0.15) is 0 Å². The highest BCUT2D eigenvalue weighted by Crippen LogP contribution is 2.62. The van der Waals surface area contributed by atoms with Crippen LogP contribution in [0.25, 0.3) is 0 Å². The summed E-state index contributed by atoms with van der Waals surface area (Å²) in [6.45, 7) is 14.4. The molecule has 7 unspecified atom stereocenters. The summed E-state index contributed by atoms with van der Waals surface area (Å²) < 4.78 is 27.4. The quantitative estimate of drug-likeness (QED) is 0.0492. The van der Waals surface area contributed by atoms with E-state index in [-0.39, 0.29) is 49.4 Å². The predicted octanol–water partition coefficient (Wildman–Crippen LogP) is 12.4. The monoisotopic (exact) mass is 899 g/mol. The molecule has 6 rings (SSSR count). The average molecular weight is 899 g/mol. The van der Waals surface area contributed by atoms with Crippen LogP contribution in [-0.2, 0) is 19.1 Å². The third kappa shape index (κ3) is 13.1. The number of aliphatic hydroxyl groups excluding tert-OH is 2. The smallest absolute Gasteiger partial charge is 0.239 e. The van der Waals surface area contributed by atoms with Gasteiger partial charge in [-0.05, 0) is 124 Å².